The summed E-state index contributed by atoms with van der Waals surface area (Å²) in [5.41, 5.74) is 1.24. The minimum atomic E-state index is -0.420. The Bertz CT molecular complexity index is 525. The summed E-state index contributed by atoms with van der Waals surface area (Å²) in [6, 6.07) is 4.64. The van der Waals surface area contributed by atoms with Gasteiger partial charge < -0.3 is 10.6 Å². The van der Waals surface area contributed by atoms with Crippen molar-refractivity contribution in [2.75, 3.05) is 18.4 Å². The maximum Gasteiger partial charge on any atom is 0.272 e. The number of anilines is 1. The molecule has 1 aromatic rings. The zero-order chi connectivity index (χ0) is 15.2. The Morgan fingerprint density at radius 1 is 1.52 bits per heavy atom. The standard InChI is InChI=1S/C15H21N3O3/c1-11-9-13(5-6-14(11)18(20)21)17-15(19)7-4-12-3-2-8-16-10-12/h5-6,9,12,16H,2-4,7-8,10H2,1H3,(H,17,19). The molecule has 0 saturated carbocycles. The van der Waals surface area contributed by atoms with Crippen LogP contribution in [0.3, 0.4) is 0 Å². The van der Waals surface area contributed by atoms with Crippen molar-refractivity contribution in [3.8, 4) is 0 Å². The van der Waals surface area contributed by atoms with Crippen LogP contribution in [0.2, 0.25) is 0 Å². The molecule has 1 heterocycles. The van der Waals surface area contributed by atoms with E-state index in [0.29, 0.717) is 23.6 Å². The molecule has 2 rings (SSSR count). The lowest BCUT2D eigenvalue weighted by molar-refractivity contribution is -0.385. The molecule has 114 valence electrons. The van der Waals surface area contributed by atoms with Gasteiger partial charge in [-0.3, -0.25) is 14.9 Å². The van der Waals surface area contributed by atoms with Crippen LogP contribution in [-0.2, 0) is 4.79 Å². The zero-order valence-electron chi connectivity index (χ0n) is 12.2. The first kappa shape index (κ1) is 15.4. The highest BCUT2D eigenvalue weighted by Crippen LogP contribution is 2.22. The smallest absolute Gasteiger partial charge is 0.272 e. The predicted molar refractivity (Wildman–Crippen MR) is 81.3 cm³/mol. The Morgan fingerprint density at radius 3 is 2.95 bits per heavy atom. The number of piperidine rings is 1. The van der Waals surface area contributed by atoms with Crippen molar-refractivity contribution in [2.45, 2.75) is 32.6 Å². The van der Waals surface area contributed by atoms with Crippen molar-refractivity contribution in [2.24, 2.45) is 5.92 Å². The van der Waals surface area contributed by atoms with Gasteiger partial charge in [-0.15, -0.1) is 0 Å². The molecule has 0 spiro atoms. The molecular weight excluding hydrogens is 270 g/mol. The zero-order valence-corrected chi connectivity index (χ0v) is 12.2. The van der Waals surface area contributed by atoms with Crippen LogP contribution in [-0.4, -0.2) is 23.9 Å². The Balaban J connectivity index is 1.84. The van der Waals surface area contributed by atoms with Gasteiger partial charge in [0, 0.05) is 23.7 Å². The van der Waals surface area contributed by atoms with Crippen molar-refractivity contribution in [1.82, 2.24) is 5.32 Å². The quantitative estimate of drug-likeness (QED) is 0.645. The first-order valence-electron chi connectivity index (χ1n) is 7.32. The van der Waals surface area contributed by atoms with Gasteiger partial charge in [0.25, 0.3) is 5.69 Å². The molecule has 0 radical (unpaired) electrons. The number of amides is 1. The topological polar surface area (TPSA) is 84.3 Å². The molecule has 21 heavy (non-hydrogen) atoms. The number of nitro groups is 1. The minimum absolute atomic E-state index is 0.0335. The molecule has 0 bridgehead atoms. The SMILES string of the molecule is Cc1cc(NC(=O)CCC2CCCNC2)ccc1[N+](=O)[O-]. The predicted octanol–water partition coefficient (Wildman–Crippen LogP) is 2.62. The second-order valence-electron chi connectivity index (χ2n) is 5.56. The van der Waals surface area contributed by atoms with Crippen molar-refractivity contribution < 1.29 is 9.72 Å². The fourth-order valence-electron chi connectivity index (χ4n) is 2.67. The fraction of sp³-hybridized carbons (Fsp3) is 0.533. The largest absolute Gasteiger partial charge is 0.326 e. The van der Waals surface area contributed by atoms with Crippen LogP contribution in [0.5, 0.6) is 0 Å². The highest BCUT2D eigenvalue weighted by molar-refractivity contribution is 5.90. The average molecular weight is 291 g/mol. The van der Waals surface area contributed by atoms with E-state index in [1.165, 1.54) is 18.9 Å². The van der Waals surface area contributed by atoms with E-state index in [1.807, 2.05) is 0 Å². The van der Waals surface area contributed by atoms with Crippen molar-refractivity contribution in [3.63, 3.8) is 0 Å². The number of carbonyl (C=O) groups excluding carboxylic acids is 1. The first-order valence-corrected chi connectivity index (χ1v) is 7.32. The van der Waals surface area contributed by atoms with E-state index in [-0.39, 0.29) is 11.6 Å². The van der Waals surface area contributed by atoms with E-state index in [2.05, 4.69) is 10.6 Å². The third kappa shape index (κ3) is 4.53. The van der Waals surface area contributed by atoms with Gasteiger partial charge in [-0.2, -0.15) is 0 Å². The van der Waals surface area contributed by atoms with Crippen LogP contribution in [0, 0.1) is 23.0 Å². The molecule has 1 aliphatic heterocycles. The first-order chi connectivity index (χ1) is 10.1. The van der Waals surface area contributed by atoms with Crippen molar-refractivity contribution >= 4 is 17.3 Å². The molecule has 1 amide bonds. The number of carbonyl (C=O) groups is 1. The number of nitrogens with one attached hydrogen (secondary N) is 2. The third-order valence-corrected chi connectivity index (χ3v) is 3.86. The lowest BCUT2D eigenvalue weighted by Gasteiger charge is -2.22. The van der Waals surface area contributed by atoms with Crippen molar-refractivity contribution in [3.05, 3.63) is 33.9 Å². The molecule has 0 aromatic heterocycles. The molecule has 1 unspecified atom stereocenters. The second-order valence-corrected chi connectivity index (χ2v) is 5.56. The molecule has 1 fully saturated rings. The number of benzene rings is 1. The lowest BCUT2D eigenvalue weighted by Crippen LogP contribution is -2.30. The van der Waals surface area contributed by atoms with Crippen molar-refractivity contribution in [1.29, 1.82) is 0 Å². The number of hydrogen-bond acceptors (Lipinski definition) is 4. The van der Waals surface area contributed by atoms with E-state index in [9.17, 15) is 14.9 Å². The van der Waals surface area contributed by atoms with Gasteiger partial charge in [-0.1, -0.05) is 0 Å². The maximum absolute atomic E-state index is 11.9. The normalized spacial score (nSPS) is 18.2. The Morgan fingerprint density at radius 2 is 2.33 bits per heavy atom. The molecule has 0 aliphatic carbocycles. The van der Waals surface area contributed by atoms with Gasteiger partial charge in [-0.05, 0) is 57.3 Å². The summed E-state index contributed by atoms with van der Waals surface area (Å²) in [4.78, 5) is 22.2. The average Bonchev–Trinajstić information content (AvgIpc) is 2.46. The minimum Gasteiger partial charge on any atom is -0.326 e. The molecule has 2 N–H and O–H groups in total. The van der Waals surface area contributed by atoms with E-state index in [0.717, 1.165) is 19.5 Å². The maximum atomic E-state index is 11.9. The van der Waals surface area contributed by atoms with Gasteiger partial charge >= 0.3 is 0 Å². The van der Waals surface area contributed by atoms with Gasteiger partial charge in [0.1, 0.15) is 0 Å². The molecule has 6 nitrogen and oxygen atoms in total. The van der Waals surface area contributed by atoms with Gasteiger partial charge in [0.2, 0.25) is 5.91 Å². The Labute approximate surface area is 124 Å². The summed E-state index contributed by atoms with van der Waals surface area (Å²) in [5.74, 6) is 0.539. The summed E-state index contributed by atoms with van der Waals surface area (Å²) in [6.07, 6.45) is 3.72. The molecule has 1 atom stereocenters. The number of nitrogens with zero attached hydrogens (tertiary/aromatic N) is 1. The number of rotatable bonds is 5. The van der Waals surface area contributed by atoms with E-state index >= 15 is 0 Å². The summed E-state index contributed by atoms with van der Waals surface area (Å²) in [7, 11) is 0. The van der Waals surface area contributed by atoms with E-state index in [1.54, 1.807) is 19.1 Å². The van der Waals surface area contributed by atoms with Crippen LogP contribution < -0.4 is 10.6 Å². The van der Waals surface area contributed by atoms with Gasteiger partial charge in [0.15, 0.2) is 0 Å². The highest BCUT2D eigenvalue weighted by atomic mass is 16.6. The second kappa shape index (κ2) is 7.17. The summed E-state index contributed by atoms with van der Waals surface area (Å²) < 4.78 is 0. The van der Waals surface area contributed by atoms with Crippen LogP contribution >= 0.6 is 0 Å². The lowest BCUT2D eigenvalue weighted by atomic mass is 9.94. The van der Waals surface area contributed by atoms with Crippen LogP contribution in [0.4, 0.5) is 11.4 Å². The fourth-order valence-corrected chi connectivity index (χ4v) is 2.67. The summed E-state index contributed by atoms with van der Waals surface area (Å²) in [5, 5.41) is 16.9. The number of nitro benzene ring substituents is 1. The molecule has 6 heteroatoms. The highest BCUT2D eigenvalue weighted by Gasteiger charge is 2.15. The van der Waals surface area contributed by atoms with Crippen LogP contribution in [0.25, 0.3) is 0 Å². The molecule has 1 aliphatic rings. The molecular formula is C15H21N3O3. The monoisotopic (exact) mass is 291 g/mol. The Hall–Kier alpha value is -1.95. The van der Waals surface area contributed by atoms with E-state index < -0.39 is 4.92 Å². The van der Waals surface area contributed by atoms with Gasteiger partial charge in [0.05, 0.1) is 4.92 Å². The Kier molecular flexibility index (Phi) is 5.27. The summed E-state index contributed by atoms with van der Waals surface area (Å²) >= 11 is 0. The van der Waals surface area contributed by atoms with E-state index in [4.69, 9.17) is 0 Å². The van der Waals surface area contributed by atoms with Crippen LogP contribution in [0.1, 0.15) is 31.2 Å². The number of aryl methyl sites for hydroxylation is 1. The number of hydrogen-bond donors (Lipinski definition) is 2. The van der Waals surface area contributed by atoms with Crippen LogP contribution in [0.15, 0.2) is 18.2 Å². The third-order valence-electron chi connectivity index (χ3n) is 3.86. The molecule has 1 aromatic carbocycles. The van der Waals surface area contributed by atoms with Gasteiger partial charge in [-0.25, -0.2) is 0 Å². The molecule has 1 saturated heterocycles. The summed E-state index contributed by atoms with van der Waals surface area (Å²) in [6.45, 7) is 3.73.